The summed E-state index contributed by atoms with van der Waals surface area (Å²) in [6.45, 7) is 2.44. The van der Waals surface area contributed by atoms with E-state index in [1.807, 2.05) is 17.0 Å². The second kappa shape index (κ2) is 4.77. The molecule has 3 heterocycles. The number of anilines is 1. The Kier molecular flexibility index (Phi) is 3.10. The van der Waals surface area contributed by atoms with Gasteiger partial charge in [-0.2, -0.15) is 0 Å². The zero-order valence-electron chi connectivity index (χ0n) is 10.8. The van der Waals surface area contributed by atoms with E-state index < -0.39 is 0 Å². The number of carbonyl (C=O) groups excluding carboxylic acids is 1. The Hall–Kier alpha value is -1.69. The Bertz CT molecular complexity index is 624. The maximum atomic E-state index is 11.7. The van der Waals surface area contributed by atoms with E-state index in [0.717, 1.165) is 36.2 Å². The van der Waals surface area contributed by atoms with E-state index in [2.05, 4.69) is 9.97 Å². The molecule has 0 aromatic carbocycles. The highest BCUT2D eigenvalue weighted by Crippen LogP contribution is 2.31. The maximum Gasteiger partial charge on any atom is 0.220 e. The van der Waals surface area contributed by atoms with Gasteiger partial charge in [0, 0.05) is 13.5 Å². The fraction of sp³-hybridized carbons (Fsp3) is 0.462. The van der Waals surface area contributed by atoms with Gasteiger partial charge in [-0.3, -0.25) is 4.79 Å². The van der Waals surface area contributed by atoms with E-state index in [9.17, 15) is 4.79 Å². The van der Waals surface area contributed by atoms with Crippen molar-refractivity contribution in [2.24, 2.45) is 0 Å². The van der Waals surface area contributed by atoms with Crippen molar-refractivity contribution in [2.75, 3.05) is 12.3 Å². The minimum absolute atomic E-state index is 0.0820. The molecule has 1 aliphatic heterocycles. The minimum Gasteiger partial charge on any atom is -0.375 e. The molecule has 0 spiro atoms. The third-order valence-electron chi connectivity index (χ3n) is 3.54. The highest BCUT2D eigenvalue weighted by Gasteiger charge is 2.27. The number of amides is 1. The molecule has 1 saturated heterocycles. The van der Waals surface area contributed by atoms with Crippen molar-refractivity contribution in [1.82, 2.24) is 14.9 Å². The summed E-state index contributed by atoms with van der Waals surface area (Å²) in [6, 6.07) is 4.07. The molecule has 1 amide bonds. The van der Waals surface area contributed by atoms with Crippen LogP contribution in [0.4, 0.5) is 5.13 Å². The van der Waals surface area contributed by atoms with Gasteiger partial charge < -0.3 is 10.6 Å². The lowest BCUT2D eigenvalue weighted by molar-refractivity contribution is -0.132. The minimum atomic E-state index is 0.0820. The summed E-state index contributed by atoms with van der Waals surface area (Å²) >= 11 is 1.44. The molecule has 6 heteroatoms. The number of hydrogen-bond donors (Lipinski definition) is 1. The number of aromatic nitrogens is 2. The SMILES string of the molecule is CC(=O)N1CCCCC1c1ccc2sc(N)nc2n1. The van der Waals surface area contributed by atoms with E-state index >= 15 is 0 Å². The fourth-order valence-corrected chi connectivity index (χ4v) is 3.33. The Balaban J connectivity index is 1.99. The van der Waals surface area contributed by atoms with Crippen LogP contribution in [0.25, 0.3) is 10.3 Å². The van der Waals surface area contributed by atoms with E-state index in [0.29, 0.717) is 10.8 Å². The first kappa shape index (κ1) is 12.3. The predicted octanol–water partition coefficient (Wildman–Crippen LogP) is 2.35. The lowest BCUT2D eigenvalue weighted by Crippen LogP contribution is -2.37. The van der Waals surface area contributed by atoms with Crippen molar-refractivity contribution in [3.8, 4) is 0 Å². The van der Waals surface area contributed by atoms with E-state index in [-0.39, 0.29) is 11.9 Å². The predicted molar refractivity (Wildman–Crippen MR) is 75.8 cm³/mol. The van der Waals surface area contributed by atoms with Crippen LogP contribution in [-0.2, 0) is 4.79 Å². The Labute approximate surface area is 115 Å². The number of hydrogen-bond acceptors (Lipinski definition) is 5. The molecule has 1 atom stereocenters. The number of pyridine rings is 1. The van der Waals surface area contributed by atoms with Gasteiger partial charge in [-0.05, 0) is 31.4 Å². The summed E-state index contributed by atoms with van der Waals surface area (Å²) in [5, 5.41) is 0.534. The maximum absolute atomic E-state index is 11.7. The Morgan fingerprint density at radius 2 is 2.26 bits per heavy atom. The van der Waals surface area contributed by atoms with Crippen molar-refractivity contribution in [1.29, 1.82) is 0 Å². The summed E-state index contributed by atoms with van der Waals surface area (Å²) in [6.07, 6.45) is 3.17. The number of thiazole rings is 1. The van der Waals surface area contributed by atoms with Crippen LogP contribution in [0, 0.1) is 0 Å². The molecule has 0 aliphatic carbocycles. The molecule has 100 valence electrons. The number of nitrogen functional groups attached to an aromatic ring is 1. The molecule has 19 heavy (non-hydrogen) atoms. The van der Waals surface area contributed by atoms with Crippen molar-refractivity contribution in [2.45, 2.75) is 32.2 Å². The number of nitrogens with two attached hydrogens (primary N) is 1. The van der Waals surface area contributed by atoms with Crippen LogP contribution in [0.2, 0.25) is 0 Å². The normalized spacial score (nSPS) is 19.8. The topological polar surface area (TPSA) is 72.1 Å². The smallest absolute Gasteiger partial charge is 0.220 e. The number of fused-ring (bicyclic) bond motifs is 1. The number of carbonyl (C=O) groups is 1. The molecule has 2 N–H and O–H groups in total. The van der Waals surface area contributed by atoms with Crippen molar-refractivity contribution in [3.05, 3.63) is 17.8 Å². The van der Waals surface area contributed by atoms with Crippen molar-refractivity contribution < 1.29 is 4.79 Å². The van der Waals surface area contributed by atoms with Crippen LogP contribution in [0.1, 0.15) is 37.9 Å². The van der Waals surface area contributed by atoms with Crippen LogP contribution in [0.15, 0.2) is 12.1 Å². The molecule has 2 aromatic rings. The largest absolute Gasteiger partial charge is 0.375 e. The van der Waals surface area contributed by atoms with Gasteiger partial charge in [0.1, 0.15) is 0 Å². The van der Waals surface area contributed by atoms with Crippen LogP contribution in [0.3, 0.4) is 0 Å². The number of nitrogens with zero attached hydrogens (tertiary/aromatic N) is 3. The first-order valence-electron chi connectivity index (χ1n) is 6.45. The summed E-state index contributed by atoms with van der Waals surface area (Å²) in [5.74, 6) is 0.115. The number of rotatable bonds is 1. The van der Waals surface area contributed by atoms with Gasteiger partial charge in [0.05, 0.1) is 16.4 Å². The standard InChI is InChI=1S/C13H16N4OS/c1-8(18)17-7-3-2-4-10(17)9-5-6-11-12(15-9)16-13(14)19-11/h5-6,10H,2-4,7H2,1H3,(H2,14,15,16). The molecule has 1 unspecified atom stereocenters. The lowest BCUT2D eigenvalue weighted by atomic mass is 9.99. The van der Waals surface area contributed by atoms with Gasteiger partial charge in [-0.1, -0.05) is 11.3 Å². The summed E-state index contributed by atoms with van der Waals surface area (Å²) < 4.78 is 0.992. The monoisotopic (exact) mass is 276 g/mol. The second-order valence-electron chi connectivity index (χ2n) is 4.83. The summed E-state index contributed by atoms with van der Waals surface area (Å²) in [5.41, 5.74) is 7.31. The highest BCUT2D eigenvalue weighted by molar-refractivity contribution is 7.21. The first-order valence-corrected chi connectivity index (χ1v) is 7.27. The lowest BCUT2D eigenvalue weighted by Gasteiger charge is -2.34. The Morgan fingerprint density at radius 3 is 3.05 bits per heavy atom. The molecule has 2 aromatic heterocycles. The van der Waals surface area contributed by atoms with Crippen LogP contribution in [-0.4, -0.2) is 27.3 Å². The van der Waals surface area contributed by atoms with Gasteiger partial charge in [0.15, 0.2) is 10.8 Å². The Morgan fingerprint density at radius 1 is 1.42 bits per heavy atom. The van der Waals surface area contributed by atoms with Crippen molar-refractivity contribution >= 4 is 32.7 Å². The summed E-state index contributed by atoms with van der Waals surface area (Å²) in [7, 11) is 0. The zero-order valence-corrected chi connectivity index (χ0v) is 11.6. The molecular formula is C13H16N4OS. The first-order chi connectivity index (χ1) is 9.15. The van der Waals surface area contributed by atoms with E-state index in [4.69, 9.17) is 5.73 Å². The van der Waals surface area contributed by atoms with Gasteiger partial charge in [-0.15, -0.1) is 0 Å². The molecule has 0 bridgehead atoms. The molecule has 0 radical (unpaired) electrons. The third-order valence-corrected chi connectivity index (χ3v) is 4.38. The number of piperidine rings is 1. The molecular weight excluding hydrogens is 260 g/mol. The average molecular weight is 276 g/mol. The van der Waals surface area contributed by atoms with Crippen LogP contribution >= 0.6 is 11.3 Å². The van der Waals surface area contributed by atoms with Gasteiger partial charge in [0.25, 0.3) is 0 Å². The molecule has 1 fully saturated rings. The quantitative estimate of drug-likeness (QED) is 0.867. The van der Waals surface area contributed by atoms with Crippen LogP contribution < -0.4 is 5.73 Å². The van der Waals surface area contributed by atoms with Gasteiger partial charge in [0.2, 0.25) is 5.91 Å². The molecule has 3 rings (SSSR count). The third kappa shape index (κ3) is 2.28. The molecule has 0 saturated carbocycles. The van der Waals surface area contributed by atoms with Crippen LogP contribution in [0.5, 0.6) is 0 Å². The summed E-state index contributed by atoms with van der Waals surface area (Å²) in [4.78, 5) is 22.4. The van der Waals surface area contributed by atoms with Gasteiger partial charge >= 0.3 is 0 Å². The highest BCUT2D eigenvalue weighted by atomic mass is 32.1. The average Bonchev–Trinajstić information content (AvgIpc) is 2.77. The van der Waals surface area contributed by atoms with E-state index in [1.165, 1.54) is 11.3 Å². The second-order valence-corrected chi connectivity index (χ2v) is 5.90. The number of likely N-dealkylation sites (tertiary alicyclic amines) is 1. The zero-order chi connectivity index (χ0) is 13.4. The van der Waals surface area contributed by atoms with Crippen molar-refractivity contribution in [3.63, 3.8) is 0 Å². The van der Waals surface area contributed by atoms with Gasteiger partial charge in [-0.25, -0.2) is 9.97 Å². The van der Waals surface area contributed by atoms with E-state index in [1.54, 1.807) is 6.92 Å². The fourth-order valence-electron chi connectivity index (χ4n) is 2.65. The molecule has 5 nitrogen and oxygen atoms in total. The molecule has 1 aliphatic rings.